The highest BCUT2D eigenvalue weighted by Crippen LogP contribution is 2.28. The summed E-state index contributed by atoms with van der Waals surface area (Å²) in [6.07, 6.45) is 7.65. The van der Waals surface area contributed by atoms with E-state index in [4.69, 9.17) is 0 Å². The van der Waals surface area contributed by atoms with Gasteiger partial charge in [0, 0.05) is 19.3 Å². The molecule has 1 aliphatic rings. The predicted octanol–water partition coefficient (Wildman–Crippen LogP) is 1.99. The van der Waals surface area contributed by atoms with Crippen LogP contribution in [0.3, 0.4) is 0 Å². The Hall–Kier alpha value is -1.36. The van der Waals surface area contributed by atoms with Gasteiger partial charge >= 0.3 is 5.97 Å². The molecule has 5 heteroatoms. The largest absolute Gasteiger partial charge is 0.469 e. The van der Waals surface area contributed by atoms with E-state index in [1.54, 1.807) is 0 Å². The van der Waals surface area contributed by atoms with Crippen molar-refractivity contribution in [3.8, 4) is 0 Å². The van der Waals surface area contributed by atoms with E-state index < -0.39 is 0 Å². The number of ether oxygens (including phenoxy) is 1. The zero-order valence-electron chi connectivity index (χ0n) is 11.8. The Bertz CT molecular complexity index is 411. The summed E-state index contributed by atoms with van der Waals surface area (Å²) in [6.45, 7) is 1.47. The van der Waals surface area contributed by atoms with Gasteiger partial charge in [-0.25, -0.2) is 0 Å². The molecule has 0 aromatic carbocycles. The number of hydrogen-bond acceptors (Lipinski definition) is 4. The molecule has 19 heavy (non-hydrogen) atoms. The molecule has 1 heterocycles. The van der Waals surface area contributed by atoms with E-state index in [9.17, 15) is 4.79 Å². The lowest BCUT2D eigenvalue weighted by Crippen LogP contribution is -2.22. The van der Waals surface area contributed by atoms with Gasteiger partial charge in [0.15, 0.2) is 0 Å². The summed E-state index contributed by atoms with van der Waals surface area (Å²) in [4.78, 5) is 13.2. The number of nitrogens with zero attached hydrogens (tertiary/aromatic N) is 3. The number of carbonyl (C=O) groups is 1. The van der Waals surface area contributed by atoms with Crippen molar-refractivity contribution in [1.29, 1.82) is 0 Å². The van der Waals surface area contributed by atoms with Crippen molar-refractivity contribution in [2.75, 3.05) is 20.7 Å². The fraction of sp³-hybridized carbons (Fsp3) is 0.714. The number of hydrogen-bond donors (Lipinski definition) is 0. The smallest absolute Gasteiger partial charge is 0.306 e. The van der Waals surface area contributed by atoms with E-state index in [-0.39, 0.29) is 5.97 Å². The highest BCUT2D eigenvalue weighted by atomic mass is 16.5. The lowest BCUT2D eigenvalue weighted by molar-refractivity contribution is -0.140. The molecule has 0 radical (unpaired) electrons. The normalized spacial score (nSPS) is 16.2. The maximum atomic E-state index is 11.1. The number of rotatable bonds is 6. The topological polar surface area (TPSA) is 47.4 Å². The molecule has 0 saturated heterocycles. The number of methoxy groups -OCH3 is 1. The third kappa shape index (κ3) is 4.06. The fourth-order valence-corrected chi connectivity index (χ4v) is 2.57. The first-order chi connectivity index (χ1) is 9.19. The van der Waals surface area contributed by atoms with Crippen molar-refractivity contribution in [3.05, 3.63) is 18.0 Å². The Labute approximate surface area is 114 Å². The van der Waals surface area contributed by atoms with Crippen LogP contribution in [0.2, 0.25) is 0 Å². The summed E-state index contributed by atoms with van der Waals surface area (Å²) in [6, 6.07) is 2.67. The van der Waals surface area contributed by atoms with Gasteiger partial charge in [-0.1, -0.05) is 12.8 Å². The minimum absolute atomic E-state index is 0.164. The monoisotopic (exact) mass is 265 g/mol. The van der Waals surface area contributed by atoms with Crippen molar-refractivity contribution in [2.45, 2.75) is 44.7 Å². The lowest BCUT2D eigenvalue weighted by Gasteiger charge is -2.14. The molecule has 0 unspecified atom stereocenters. The predicted molar refractivity (Wildman–Crippen MR) is 72.7 cm³/mol. The first-order valence-corrected chi connectivity index (χ1v) is 6.98. The molecule has 0 amide bonds. The van der Waals surface area contributed by atoms with Crippen molar-refractivity contribution in [1.82, 2.24) is 14.7 Å². The van der Waals surface area contributed by atoms with Crippen molar-refractivity contribution >= 4 is 5.97 Å². The number of aromatic nitrogens is 2. The van der Waals surface area contributed by atoms with Crippen LogP contribution in [0.1, 0.15) is 43.8 Å². The van der Waals surface area contributed by atoms with Crippen LogP contribution in [-0.4, -0.2) is 41.4 Å². The number of carbonyl (C=O) groups excluding carboxylic acids is 1. The minimum Gasteiger partial charge on any atom is -0.469 e. The average molecular weight is 265 g/mol. The van der Waals surface area contributed by atoms with E-state index in [0.717, 1.165) is 12.2 Å². The van der Waals surface area contributed by atoms with Crippen molar-refractivity contribution < 1.29 is 9.53 Å². The van der Waals surface area contributed by atoms with Crippen LogP contribution >= 0.6 is 0 Å². The maximum absolute atomic E-state index is 11.1. The third-order valence-corrected chi connectivity index (χ3v) is 3.72. The molecule has 0 atom stereocenters. The zero-order valence-corrected chi connectivity index (χ0v) is 11.8. The van der Waals surface area contributed by atoms with Crippen LogP contribution in [0.5, 0.6) is 0 Å². The van der Waals surface area contributed by atoms with Gasteiger partial charge in [-0.15, -0.1) is 0 Å². The van der Waals surface area contributed by atoms with Crippen LogP contribution in [0.25, 0.3) is 0 Å². The van der Waals surface area contributed by atoms with Crippen LogP contribution in [-0.2, 0) is 16.1 Å². The first-order valence-electron chi connectivity index (χ1n) is 6.98. The molecule has 0 N–H and O–H groups in total. The molecule has 1 saturated carbocycles. The van der Waals surface area contributed by atoms with E-state index in [2.05, 4.69) is 31.7 Å². The van der Waals surface area contributed by atoms with Crippen LogP contribution in [0, 0.1) is 0 Å². The second kappa shape index (κ2) is 6.70. The Morgan fingerprint density at radius 2 is 2.26 bits per heavy atom. The molecular formula is C14H23N3O2. The van der Waals surface area contributed by atoms with E-state index in [0.29, 0.717) is 19.0 Å². The molecule has 106 valence electrons. The Balaban J connectivity index is 1.80. The van der Waals surface area contributed by atoms with Gasteiger partial charge in [0.25, 0.3) is 0 Å². The maximum Gasteiger partial charge on any atom is 0.306 e. The summed E-state index contributed by atoms with van der Waals surface area (Å²) in [5.74, 6) is -0.164. The second-order valence-corrected chi connectivity index (χ2v) is 5.29. The van der Waals surface area contributed by atoms with E-state index >= 15 is 0 Å². The summed E-state index contributed by atoms with van der Waals surface area (Å²) in [5, 5.41) is 4.64. The van der Waals surface area contributed by atoms with E-state index in [1.165, 1.54) is 32.8 Å². The molecule has 0 bridgehead atoms. The fourth-order valence-electron chi connectivity index (χ4n) is 2.57. The SMILES string of the molecule is COC(=O)CCN(C)Cc1ccn(C2CCCC2)n1. The van der Waals surface area contributed by atoms with Crippen molar-refractivity contribution in [2.24, 2.45) is 0 Å². The molecule has 2 rings (SSSR count). The number of esters is 1. The van der Waals surface area contributed by atoms with Gasteiger partial charge < -0.3 is 4.74 Å². The van der Waals surface area contributed by atoms with Gasteiger partial charge in [0.2, 0.25) is 0 Å². The lowest BCUT2D eigenvalue weighted by atomic mass is 10.3. The summed E-state index contributed by atoms with van der Waals surface area (Å²) >= 11 is 0. The molecular weight excluding hydrogens is 242 g/mol. The Morgan fingerprint density at radius 3 is 2.95 bits per heavy atom. The van der Waals surface area contributed by atoms with Crippen LogP contribution < -0.4 is 0 Å². The van der Waals surface area contributed by atoms with Gasteiger partial charge in [-0.3, -0.25) is 14.4 Å². The molecule has 0 aliphatic heterocycles. The summed E-state index contributed by atoms with van der Waals surface area (Å²) in [5.41, 5.74) is 1.07. The van der Waals surface area contributed by atoms with Crippen LogP contribution in [0.4, 0.5) is 0 Å². The van der Waals surface area contributed by atoms with Crippen LogP contribution in [0.15, 0.2) is 12.3 Å². The first kappa shape index (κ1) is 14.1. The minimum atomic E-state index is -0.164. The molecule has 0 spiro atoms. The molecule has 1 aromatic rings. The molecule has 5 nitrogen and oxygen atoms in total. The summed E-state index contributed by atoms with van der Waals surface area (Å²) in [7, 11) is 3.42. The van der Waals surface area contributed by atoms with Gasteiger partial charge in [-0.2, -0.15) is 5.10 Å². The third-order valence-electron chi connectivity index (χ3n) is 3.72. The standard InChI is InChI=1S/C14H23N3O2/c1-16(9-8-14(18)19-2)11-12-7-10-17(15-12)13-5-3-4-6-13/h7,10,13H,3-6,8-9,11H2,1-2H3. The molecule has 1 aliphatic carbocycles. The Kier molecular flexibility index (Phi) is 4.96. The highest BCUT2D eigenvalue weighted by molar-refractivity contribution is 5.69. The van der Waals surface area contributed by atoms with Gasteiger partial charge in [0.05, 0.1) is 25.3 Å². The molecule has 1 fully saturated rings. The molecule has 1 aromatic heterocycles. The van der Waals surface area contributed by atoms with Crippen molar-refractivity contribution in [3.63, 3.8) is 0 Å². The summed E-state index contributed by atoms with van der Waals surface area (Å²) < 4.78 is 6.74. The van der Waals surface area contributed by atoms with Gasteiger partial charge in [-0.05, 0) is 26.0 Å². The Morgan fingerprint density at radius 1 is 1.53 bits per heavy atom. The zero-order chi connectivity index (χ0) is 13.7. The van der Waals surface area contributed by atoms with E-state index in [1.807, 2.05) is 7.05 Å². The second-order valence-electron chi connectivity index (χ2n) is 5.29. The highest BCUT2D eigenvalue weighted by Gasteiger charge is 2.17. The van der Waals surface area contributed by atoms with Gasteiger partial charge in [0.1, 0.15) is 0 Å². The average Bonchev–Trinajstić information content (AvgIpc) is 3.06. The quantitative estimate of drug-likeness (QED) is 0.738.